The van der Waals surface area contributed by atoms with Gasteiger partial charge in [-0.3, -0.25) is 9.59 Å². The van der Waals surface area contributed by atoms with Gasteiger partial charge < -0.3 is 16.4 Å². The zero-order chi connectivity index (χ0) is 13.8. The Morgan fingerprint density at radius 3 is 2.79 bits per heavy atom. The second-order valence-electron chi connectivity index (χ2n) is 4.55. The Labute approximate surface area is 116 Å². The predicted octanol–water partition coefficient (Wildman–Crippen LogP) is 1.52. The molecule has 1 aromatic rings. The van der Waals surface area contributed by atoms with Gasteiger partial charge in [-0.2, -0.15) is 0 Å². The summed E-state index contributed by atoms with van der Waals surface area (Å²) in [5.41, 5.74) is 5.94. The number of primary amides is 1. The number of carbonyl (C=O) groups is 2. The van der Waals surface area contributed by atoms with Gasteiger partial charge in [0.15, 0.2) is 0 Å². The number of nitrogens with two attached hydrogens (primary N) is 1. The standard InChI is InChI=1S/C13H16ClN3O2/c14-10-5-4-8(7-9(10)12(15)18)17-13(19)11-3-1-2-6-16-11/h4-5,7,11,16H,1-3,6H2,(H2,15,18)(H,17,19)/t11-/m0/s1. The third-order valence-electron chi connectivity index (χ3n) is 3.13. The van der Waals surface area contributed by atoms with Crippen LogP contribution in [-0.4, -0.2) is 24.4 Å². The molecular weight excluding hydrogens is 266 g/mol. The second-order valence-corrected chi connectivity index (χ2v) is 4.96. The molecule has 1 heterocycles. The van der Waals surface area contributed by atoms with Gasteiger partial charge in [-0.05, 0) is 37.6 Å². The fourth-order valence-electron chi connectivity index (χ4n) is 2.10. The molecule has 0 aromatic heterocycles. The number of piperidine rings is 1. The van der Waals surface area contributed by atoms with Gasteiger partial charge in [0.2, 0.25) is 11.8 Å². The molecule has 1 fully saturated rings. The first kappa shape index (κ1) is 13.8. The number of halogens is 1. The fraction of sp³-hybridized carbons (Fsp3) is 0.385. The Kier molecular flexibility index (Phi) is 4.39. The summed E-state index contributed by atoms with van der Waals surface area (Å²) in [6.45, 7) is 0.852. The molecule has 0 saturated carbocycles. The van der Waals surface area contributed by atoms with Gasteiger partial charge in [0.05, 0.1) is 16.6 Å². The highest BCUT2D eigenvalue weighted by Gasteiger charge is 2.20. The van der Waals surface area contributed by atoms with Gasteiger partial charge in [0.1, 0.15) is 0 Å². The SMILES string of the molecule is NC(=O)c1cc(NC(=O)[C@@H]2CCCCN2)ccc1Cl. The largest absolute Gasteiger partial charge is 0.366 e. The van der Waals surface area contributed by atoms with Crippen LogP contribution in [0.5, 0.6) is 0 Å². The van der Waals surface area contributed by atoms with E-state index in [1.165, 1.54) is 6.07 Å². The maximum atomic E-state index is 12.0. The first-order valence-corrected chi connectivity index (χ1v) is 6.59. The molecule has 1 saturated heterocycles. The summed E-state index contributed by atoms with van der Waals surface area (Å²) in [6, 6.07) is 4.51. The molecule has 5 nitrogen and oxygen atoms in total. The molecule has 4 N–H and O–H groups in total. The topological polar surface area (TPSA) is 84.2 Å². The van der Waals surface area contributed by atoms with Crippen LogP contribution in [0.2, 0.25) is 5.02 Å². The number of hydrogen-bond acceptors (Lipinski definition) is 3. The van der Waals surface area contributed by atoms with Crippen molar-refractivity contribution in [3.8, 4) is 0 Å². The van der Waals surface area contributed by atoms with Crippen molar-refractivity contribution in [1.29, 1.82) is 0 Å². The molecule has 2 amide bonds. The van der Waals surface area contributed by atoms with Crippen LogP contribution in [0.4, 0.5) is 5.69 Å². The summed E-state index contributed by atoms with van der Waals surface area (Å²) in [5.74, 6) is -0.714. The molecule has 0 aliphatic carbocycles. The van der Waals surface area contributed by atoms with E-state index in [0.717, 1.165) is 25.8 Å². The molecule has 1 aromatic carbocycles. The van der Waals surface area contributed by atoms with Crippen LogP contribution in [-0.2, 0) is 4.79 Å². The van der Waals surface area contributed by atoms with E-state index in [1.54, 1.807) is 12.1 Å². The van der Waals surface area contributed by atoms with Crippen LogP contribution < -0.4 is 16.4 Å². The Morgan fingerprint density at radius 2 is 2.16 bits per heavy atom. The molecule has 102 valence electrons. The van der Waals surface area contributed by atoms with Crippen molar-refractivity contribution in [2.45, 2.75) is 25.3 Å². The van der Waals surface area contributed by atoms with E-state index in [2.05, 4.69) is 10.6 Å². The van der Waals surface area contributed by atoms with E-state index in [1.807, 2.05) is 0 Å². The second kappa shape index (κ2) is 6.04. The fourth-order valence-corrected chi connectivity index (χ4v) is 2.31. The van der Waals surface area contributed by atoms with Crippen molar-refractivity contribution in [1.82, 2.24) is 5.32 Å². The minimum absolute atomic E-state index is 0.0996. The van der Waals surface area contributed by atoms with Gasteiger partial charge in [-0.15, -0.1) is 0 Å². The summed E-state index contributed by atoms with van der Waals surface area (Å²) < 4.78 is 0. The first-order chi connectivity index (χ1) is 9.08. The third kappa shape index (κ3) is 3.45. The van der Waals surface area contributed by atoms with Gasteiger partial charge >= 0.3 is 0 Å². The van der Waals surface area contributed by atoms with E-state index < -0.39 is 5.91 Å². The zero-order valence-electron chi connectivity index (χ0n) is 10.4. The Bertz CT molecular complexity index is 499. The van der Waals surface area contributed by atoms with Gasteiger partial charge in [-0.1, -0.05) is 18.0 Å². The minimum atomic E-state index is -0.614. The van der Waals surface area contributed by atoms with Crippen molar-refractivity contribution < 1.29 is 9.59 Å². The zero-order valence-corrected chi connectivity index (χ0v) is 11.2. The molecule has 1 aliphatic rings. The number of rotatable bonds is 3. The van der Waals surface area contributed by atoms with Crippen molar-refractivity contribution in [2.24, 2.45) is 5.73 Å². The molecule has 0 unspecified atom stereocenters. The summed E-state index contributed by atoms with van der Waals surface area (Å²) in [6.07, 6.45) is 2.96. The van der Waals surface area contributed by atoms with Crippen molar-refractivity contribution in [3.63, 3.8) is 0 Å². The lowest BCUT2D eigenvalue weighted by atomic mass is 10.0. The number of carbonyl (C=O) groups excluding carboxylic acids is 2. The molecule has 6 heteroatoms. The lowest BCUT2D eigenvalue weighted by molar-refractivity contribution is -0.118. The summed E-state index contributed by atoms with van der Waals surface area (Å²) in [4.78, 5) is 23.2. The van der Waals surface area contributed by atoms with Crippen LogP contribution in [0.15, 0.2) is 18.2 Å². The minimum Gasteiger partial charge on any atom is -0.366 e. The van der Waals surface area contributed by atoms with Crippen LogP contribution in [0, 0.1) is 0 Å². The highest BCUT2D eigenvalue weighted by atomic mass is 35.5. The third-order valence-corrected chi connectivity index (χ3v) is 3.46. The number of hydrogen-bond donors (Lipinski definition) is 3. The predicted molar refractivity (Wildman–Crippen MR) is 74.2 cm³/mol. The monoisotopic (exact) mass is 281 g/mol. The lowest BCUT2D eigenvalue weighted by Gasteiger charge is -2.22. The number of nitrogens with one attached hydrogen (secondary N) is 2. The molecular formula is C13H16ClN3O2. The normalized spacial score (nSPS) is 18.9. The van der Waals surface area contributed by atoms with Crippen LogP contribution in [0.25, 0.3) is 0 Å². The quantitative estimate of drug-likeness (QED) is 0.785. The van der Waals surface area contributed by atoms with Crippen LogP contribution >= 0.6 is 11.6 Å². The van der Waals surface area contributed by atoms with Crippen LogP contribution in [0.3, 0.4) is 0 Å². The number of benzene rings is 1. The van der Waals surface area contributed by atoms with Crippen LogP contribution in [0.1, 0.15) is 29.6 Å². The number of anilines is 1. The smallest absolute Gasteiger partial charge is 0.250 e. The Balaban J connectivity index is 2.08. The number of amides is 2. The maximum absolute atomic E-state index is 12.0. The lowest BCUT2D eigenvalue weighted by Crippen LogP contribution is -2.43. The summed E-state index contributed by atoms with van der Waals surface area (Å²) in [5, 5.41) is 6.20. The summed E-state index contributed by atoms with van der Waals surface area (Å²) in [7, 11) is 0. The van der Waals surface area contributed by atoms with Crippen molar-refractivity contribution in [3.05, 3.63) is 28.8 Å². The first-order valence-electron chi connectivity index (χ1n) is 6.21. The van der Waals surface area contributed by atoms with E-state index in [-0.39, 0.29) is 22.5 Å². The molecule has 0 radical (unpaired) electrons. The molecule has 0 spiro atoms. The van der Waals surface area contributed by atoms with Gasteiger partial charge in [0.25, 0.3) is 0 Å². The van der Waals surface area contributed by atoms with E-state index in [9.17, 15) is 9.59 Å². The molecule has 0 bridgehead atoms. The van der Waals surface area contributed by atoms with Gasteiger partial charge in [0, 0.05) is 5.69 Å². The van der Waals surface area contributed by atoms with Crippen molar-refractivity contribution >= 4 is 29.1 Å². The molecule has 1 aliphatic heterocycles. The summed E-state index contributed by atoms with van der Waals surface area (Å²) >= 11 is 5.85. The maximum Gasteiger partial charge on any atom is 0.250 e. The average molecular weight is 282 g/mol. The van der Waals surface area contributed by atoms with Gasteiger partial charge in [-0.25, -0.2) is 0 Å². The Hall–Kier alpha value is -1.59. The molecule has 2 rings (SSSR count). The van der Waals surface area contributed by atoms with E-state index in [0.29, 0.717) is 5.69 Å². The van der Waals surface area contributed by atoms with E-state index >= 15 is 0 Å². The average Bonchev–Trinajstić information content (AvgIpc) is 2.41. The highest BCUT2D eigenvalue weighted by Crippen LogP contribution is 2.20. The molecule has 19 heavy (non-hydrogen) atoms. The van der Waals surface area contributed by atoms with E-state index in [4.69, 9.17) is 17.3 Å². The Morgan fingerprint density at radius 1 is 1.37 bits per heavy atom. The van der Waals surface area contributed by atoms with Crippen molar-refractivity contribution in [2.75, 3.05) is 11.9 Å². The molecule has 1 atom stereocenters. The highest BCUT2D eigenvalue weighted by molar-refractivity contribution is 6.34.